The zero-order valence-corrected chi connectivity index (χ0v) is 33.0. The van der Waals surface area contributed by atoms with Crippen molar-refractivity contribution in [3.05, 3.63) is 168 Å². The van der Waals surface area contributed by atoms with Crippen LogP contribution in [0.15, 0.2) is 140 Å². The number of anilines is 1. The van der Waals surface area contributed by atoms with Gasteiger partial charge in [-0.1, -0.05) is 121 Å². The second kappa shape index (κ2) is 16.3. The van der Waals surface area contributed by atoms with E-state index in [2.05, 4.69) is 15.3 Å². The molecule has 14 nitrogen and oxygen atoms in total. The summed E-state index contributed by atoms with van der Waals surface area (Å²) >= 11 is 0. The summed E-state index contributed by atoms with van der Waals surface area (Å²) in [7, 11) is 2.84. The number of aromatic hydroxyl groups is 1. The van der Waals surface area contributed by atoms with E-state index >= 15 is 0 Å². The first kappa shape index (κ1) is 39.1. The number of aromatic nitrogens is 4. The third-order valence-corrected chi connectivity index (χ3v) is 10.9. The van der Waals surface area contributed by atoms with Crippen LogP contribution < -0.4 is 10.1 Å². The summed E-state index contributed by atoms with van der Waals surface area (Å²) in [5.41, 5.74) is 4.98. The number of hydrogen-bond donors (Lipinski definition) is 3. The number of carboxylic acid groups (broad SMARTS) is 1. The smallest absolute Gasteiger partial charge is 0.411 e. The number of benzene rings is 5. The van der Waals surface area contributed by atoms with E-state index in [0.29, 0.717) is 5.75 Å². The molecule has 5 aromatic carbocycles. The van der Waals surface area contributed by atoms with Gasteiger partial charge in [-0.15, -0.1) is 0 Å². The second-order valence-corrected chi connectivity index (χ2v) is 14.3. The number of fused-ring (bicyclic) bond motifs is 4. The highest BCUT2D eigenvalue weighted by Crippen LogP contribution is 2.47. The number of rotatable bonds is 13. The first-order chi connectivity index (χ1) is 29.1. The molecule has 60 heavy (non-hydrogen) atoms. The lowest BCUT2D eigenvalue weighted by Gasteiger charge is -2.40. The maximum Gasteiger partial charge on any atom is 0.411 e. The SMILES string of the molecule is COC(=O)N(C1c2ccccc2-c2ccccc21)C(C)N(CC(=O)O)C(=O)Cn1cnc2c(O)nc(NC(c3ccccc3)(c3ccccc3)c3ccc(OC)cc3)nc21. The Balaban J connectivity index is 1.18. The van der Waals surface area contributed by atoms with Crippen LogP contribution in [-0.2, 0) is 26.4 Å². The molecule has 302 valence electrons. The maximum absolute atomic E-state index is 14.5. The van der Waals surface area contributed by atoms with E-state index in [1.807, 2.05) is 133 Å². The summed E-state index contributed by atoms with van der Waals surface area (Å²) in [4.78, 5) is 56.7. The van der Waals surface area contributed by atoms with Gasteiger partial charge in [-0.25, -0.2) is 9.78 Å². The number of nitrogens with one attached hydrogen (secondary N) is 1. The summed E-state index contributed by atoms with van der Waals surface area (Å²) < 4.78 is 12.2. The molecule has 2 aromatic heterocycles. The number of nitrogens with zero attached hydrogens (tertiary/aromatic N) is 6. The van der Waals surface area contributed by atoms with Gasteiger partial charge in [-0.05, 0) is 58.0 Å². The van der Waals surface area contributed by atoms with Crippen LogP contribution in [0.4, 0.5) is 10.7 Å². The van der Waals surface area contributed by atoms with Crippen LogP contribution in [-0.4, -0.2) is 84.4 Å². The van der Waals surface area contributed by atoms with Crippen molar-refractivity contribution in [2.75, 3.05) is 26.1 Å². The van der Waals surface area contributed by atoms with Gasteiger partial charge in [-0.2, -0.15) is 9.97 Å². The second-order valence-electron chi connectivity index (χ2n) is 14.3. The van der Waals surface area contributed by atoms with Crippen molar-refractivity contribution in [1.29, 1.82) is 0 Å². The molecule has 14 heteroatoms. The third-order valence-electron chi connectivity index (χ3n) is 10.9. The van der Waals surface area contributed by atoms with Crippen molar-refractivity contribution in [3.63, 3.8) is 0 Å². The molecule has 8 rings (SSSR count). The van der Waals surface area contributed by atoms with Crippen molar-refractivity contribution >= 4 is 35.1 Å². The van der Waals surface area contributed by atoms with Gasteiger partial charge in [-0.3, -0.25) is 14.5 Å². The van der Waals surface area contributed by atoms with Crippen molar-refractivity contribution in [2.45, 2.75) is 31.2 Å². The predicted molar refractivity (Wildman–Crippen MR) is 223 cm³/mol. The molecule has 1 aliphatic rings. The van der Waals surface area contributed by atoms with Crippen LogP contribution in [0.1, 0.15) is 40.8 Å². The molecule has 3 N–H and O–H groups in total. The molecule has 7 aromatic rings. The molecule has 0 saturated heterocycles. The fourth-order valence-corrected chi connectivity index (χ4v) is 8.17. The molecule has 1 atom stereocenters. The van der Waals surface area contributed by atoms with Crippen LogP contribution in [0.25, 0.3) is 22.3 Å². The zero-order valence-electron chi connectivity index (χ0n) is 33.0. The number of carbonyl (C=O) groups is 3. The highest BCUT2D eigenvalue weighted by atomic mass is 16.5. The Kier molecular flexibility index (Phi) is 10.6. The third kappa shape index (κ3) is 6.97. The van der Waals surface area contributed by atoms with E-state index in [0.717, 1.165) is 43.8 Å². The Labute approximate surface area is 345 Å². The Morgan fingerprint density at radius 3 is 1.88 bits per heavy atom. The molecule has 0 fully saturated rings. The van der Waals surface area contributed by atoms with E-state index < -0.39 is 54.7 Å². The van der Waals surface area contributed by atoms with Crippen molar-refractivity contribution in [1.82, 2.24) is 29.3 Å². The average Bonchev–Trinajstić information content (AvgIpc) is 3.84. The first-order valence-electron chi connectivity index (χ1n) is 19.2. The minimum Gasteiger partial charge on any atom is -0.497 e. The fourth-order valence-electron chi connectivity index (χ4n) is 8.17. The lowest BCUT2D eigenvalue weighted by atomic mass is 9.77. The van der Waals surface area contributed by atoms with Crippen LogP contribution in [0.2, 0.25) is 0 Å². The van der Waals surface area contributed by atoms with E-state index in [1.165, 1.54) is 22.9 Å². The highest BCUT2D eigenvalue weighted by Gasteiger charge is 2.42. The number of amides is 2. The van der Waals surface area contributed by atoms with E-state index in [9.17, 15) is 24.6 Å². The van der Waals surface area contributed by atoms with Gasteiger partial charge >= 0.3 is 12.1 Å². The Hall–Kier alpha value is -7.74. The monoisotopic (exact) mass is 803 g/mol. The zero-order chi connectivity index (χ0) is 42.0. The van der Waals surface area contributed by atoms with Crippen molar-refractivity contribution < 1.29 is 34.1 Å². The first-order valence-corrected chi connectivity index (χ1v) is 19.2. The predicted octanol–water partition coefficient (Wildman–Crippen LogP) is 7.04. The molecular formula is C46H41N7O7. The van der Waals surface area contributed by atoms with Crippen LogP contribution in [0.5, 0.6) is 11.6 Å². The van der Waals surface area contributed by atoms with Crippen LogP contribution in [0.3, 0.4) is 0 Å². The number of aliphatic carboxylic acids is 1. The van der Waals surface area contributed by atoms with Crippen LogP contribution in [0, 0.1) is 0 Å². The van der Waals surface area contributed by atoms with Gasteiger partial charge in [0.1, 0.15) is 30.5 Å². The molecule has 0 aliphatic heterocycles. The van der Waals surface area contributed by atoms with Gasteiger partial charge in [0.25, 0.3) is 0 Å². The minimum absolute atomic E-state index is 0.0175. The standard InChI is InChI=1S/C46H41N7O7/c1-29(53(45(58)60-3)41-36-20-12-10-18-34(36)35-19-11-13-21-37(35)41)52(27-39(55)56)38(54)26-51-28-47-40-42(51)48-44(49-43(40)57)50-46(30-14-6-4-7-15-30,31-16-8-5-9-17-31)32-22-24-33(59-2)25-23-32/h4-25,28-29,41H,26-27H2,1-3H3,(H,55,56)(H2,48,49,50,57). The van der Waals surface area contributed by atoms with Gasteiger partial charge in [0.2, 0.25) is 17.7 Å². The molecule has 1 unspecified atom stereocenters. The summed E-state index contributed by atoms with van der Waals surface area (Å²) in [5, 5.41) is 25.0. The quantitative estimate of drug-likeness (QED) is 0.0807. The number of hydrogen-bond acceptors (Lipinski definition) is 10. The number of imidazole rings is 1. The number of methoxy groups -OCH3 is 2. The Morgan fingerprint density at radius 2 is 1.33 bits per heavy atom. The molecule has 0 radical (unpaired) electrons. The van der Waals surface area contributed by atoms with Crippen LogP contribution >= 0.6 is 0 Å². The minimum atomic E-state index is -1.29. The lowest BCUT2D eigenvalue weighted by Crippen LogP contribution is -2.54. The largest absolute Gasteiger partial charge is 0.497 e. The Bertz CT molecular complexity index is 2610. The molecule has 0 saturated carbocycles. The van der Waals surface area contributed by atoms with Gasteiger partial charge < -0.3 is 34.5 Å². The van der Waals surface area contributed by atoms with Gasteiger partial charge in [0, 0.05) is 0 Å². The summed E-state index contributed by atoms with van der Waals surface area (Å²) in [5.74, 6) is -1.71. The normalized spacial score (nSPS) is 12.6. The van der Waals surface area contributed by atoms with E-state index in [4.69, 9.17) is 14.5 Å². The highest BCUT2D eigenvalue weighted by molar-refractivity contribution is 5.86. The fraction of sp³-hybridized carbons (Fsp3) is 0.174. The average molecular weight is 804 g/mol. The number of ether oxygens (including phenoxy) is 2. The van der Waals surface area contributed by atoms with E-state index in [-0.39, 0.29) is 17.1 Å². The lowest BCUT2D eigenvalue weighted by molar-refractivity contribution is -0.149. The van der Waals surface area contributed by atoms with Gasteiger partial charge in [0.15, 0.2) is 11.2 Å². The Morgan fingerprint density at radius 1 is 0.783 bits per heavy atom. The molecule has 0 bridgehead atoms. The number of carbonyl (C=O) groups excluding carboxylic acids is 2. The molecule has 2 amide bonds. The molecule has 2 heterocycles. The summed E-state index contributed by atoms with van der Waals surface area (Å²) in [6.45, 7) is 0.412. The van der Waals surface area contributed by atoms with Crippen molar-refractivity contribution in [3.8, 4) is 22.8 Å². The number of carboxylic acids is 1. The van der Waals surface area contributed by atoms with Gasteiger partial charge in [0.05, 0.1) is 26.6 Å². The van der Waals surface area contributed by atoms with E-state index in [1.54, 1.807) is 14.0 Å². The summed E-state index contributed by atoms with van der Waals surface area (Å²) in [6.07, 6.45) is -0.528. The molecular weight excluding hydrogens is 763 g/mol. The van der Waals surface area contributed by atoms with Crippen molar-refractivity contribution in [2.24, 2.45) is 0 Å². The molecule has 1 aliphatic carbocycles. The molecule has 0 spiro atoms. The maximum atomic E-state index is 14.5. The topological polar surface area (TPSA) is 172 Å². The summed E-state index contributed by atoms with van der Waals surface area (Å²) in [6, 6.07) is 41.6.